The Morgan fingerprint density at radius 3 is 2.78 bits per heavy atom. The molecule has 2 N–H and O–H groups in total. The van der Waals surface area contributed by atoms with Crippen LogP contribution < -0.4 is 5.32 Å². The van der Waals surface area contributed by atoms with Crippen LogP contribution in [0.5, 0.6) is 0 Å². The molecule has 1 heterocycles. The Bertz CT molecular complexity index is 487. The molecule has 3 rings (SSSR count). The van der Waals surface area contributed by atoms with Gasteiger partial charge in [-0.05, 0) is 31.1 Å². The number of carbonyl (C=O) groups excluding carboxylic acids is 1. The fraction of sp³-hybridized carbons (Fsp3) is 0.583. The molecule has 1 aromatic rings. The summed E-state index contributed by atoms with van der Waals surface area (Å²) in [5.41, 5.74) is 0.571. The molecule has 2 unspecified atom stereocenters. The van der Waals surface area contributed by atoms with Crippen molar-refractivity contribution >= 4 is 17.6 Å². The Morgan fingerprint density at radius 1 is 1.39 bits per heavy atom. The molecular weight excluding hydrogens is 234 g/mol. The number of carboxylic acid groups (broad SMARTS) is 1. The maximum absolute atomic E-state index is 11.9. The highest BCUT2D eigenvalue weighted by Crippen LogP contribution is 2.54. The highest BCUT2D eigenvalue weighted by atomic mass is 16.4. The van der Waals surface area contributed by atoms with Crippen molar-refractivity contribution in [2.75, 3.05) is 5.32 Å². The molecule has 0 aromatic carbocycles. The van der Waals surface area contributed by atoms with Gasteiger partial charge in [0.1, 0.15) is 6.54 Å². The van der Waals surface area contributed by atoms with Gasteiger partial charge in [0.25, 0.3) is 0 Å². The lowest BCUT2D eigenvalue weighted by molar-refractivity contribution is -0.137. The summed E-state index contributed by atoms with van der Waals surface area (Å²) in [6.45, 7) is -0.191. The molecule has 6 nitrogen and oxygen atoms in total. The normalized spacial score (nSPS) is 28.8. The Morgan fingerprint density at radius 2 is 2.11 bits per heavy atom. The Balaban J connectivity index is 1.56. The van der Waals surface area contributed by atoms with Crippen LogP contribution in [0.2, 0.25) is 0 Å². The zero-order valence-corrected chi connectivity index (χ0v) is 9.87. The first-order valence-corrected chi connectivity index (χ1v) is 6.17. The van der Waals surface area contributed by atoms with Crippen LogP contribution in [0.25, 0.3) is 0 Å². The van der Waals surface area contributed by atoms with Crippen molar-refractivity contribution in [2.24, 2.45) is 17.8 Å². The van der Waals surface area contributed by atoms with Gasteiger partial charge < -0.3 is 10.4 Å². The van der Waals surface area contributed by atoms with Gasteiger partial charge in [0, 0.05) is 12.1 Å². The minimum Gasteiger partial charge on any atom is -0.480 e. The molecule has 2 aliphatic rings. The first-order valence-electron chi connectivity index (χ1n) is 6.17. The monoisotopic (exact) mass is 249 g/mol. The molecule has 2 atom stereocenters. The summed E-state index contributed by atoms with van der Waals surface area (Å²) < 4.78 is 1.30. The largest absolute Gasteiger partial charge is 0.480 e. The second kappa shape index (κ2) is 4.12. The van der Waals surface area contributed by atoms with Crippen LogP contribution in [0.15, 0.2) is 12.4 Å². The van der Waals surface area contributed by atoms with Crippen LogP contribution in [0.1, 0.15) is 19.3 Å². The van der Waals surface area contributed by atoms with Crippen molar-refractivity contribution in [1.82, 2.24) is 9.78 Å². The summed E-state index contributed by atoms with van der Waals surface area (Å²) in [6.07, 6.45) is 6.32. The smallest absolute Gasteiger partial charge is 0.325 e. The van der Waals surface area contributed by atoms with Gasteiger partial charge in [-0.15, -0.1) is 0 Å². The number of amides is 1. The van der Waals surface area contributed by atoms with E-state index in [-0.39, 0.29) is 18.4 Å². The average Bonchev–Trinajstić information content (AvgIpc) is 2.73. The van der Waals surface area contributed by atoms with Crippen LogP contribution in [-0.2, 0) is 16.1 Å². The Labute approximate surface area is 104 Å². The van der Waals surface area contributed by atoms with Gasteiger partial charge in [0.2, 0.25) is 5.91 Å². The zero-order chi connectivity index (χ0) is 12.7. The molecule has 0 bridgehead atoms. The summed E-state index contributed by atoms with van der Waals surface area (Å²) in [5.74, 6) is 0.756. The summed E-state index contributed by atoms with van der Waals surface area (Å²) >= 11 is 0. The Hall–Kier alpha value is -1.85. The minimum absolute atomic E-state index is 0.0390. The molecule has 0 radical (unpaired) electrons. The summed E-state index contributed by atoms with van der Waals surface area (Å²) in [5, 5.41) is 15.3. The van der Waals surface area contributed by atoms with Crippen molar-refractivity contribution < 1.29 is 14.7 Å². The maximum atomic E-state index is 11.9. The number of nitrogens with zero attached hydrogens (tertiary/aromatic N) is 2. The lowest BCUT2D eigenvalue weighted by Gasteiger charge is -2.10. The van der Waals surface area contributed by atoms with E-state index in [9.17, 15) is 9.59 Å². The summed E-state index contributed by atoms with van der Waals surface area (Å²) in [4.78, 5) is 22.4. The number of nitrogens with one attached hydrogen (secondary N) is 1. The molecule has 96 valence electrons. The van der Waals surface area contributed by atoms with Crippen molar-refractivity contribution in [3.8, 4) is 0 Å². The first kappa shape index (κ1) is 11.3. The average molecular weight is 249 g/mol. The number of carboxylic acids is 1. The SMILES string of the molecule is O=C(O)Cn1cc(NC(=O)C2CC3CC3C2)cn1. The third kappa shape index (κ3) is 2.23. The molecule has 1 amide bonds. The van der Waals surface area contributed by atoms with Crippen molar-refractivity contribution in [1.29, 1.82) is 0 Å². The van der Waals surface area contributed by atoms with Crippen molar-refractivity contribution in [3.05, 3.63) is 12.4 Å². The molecule has 0 aliphatic heterocycles. The van der Waals surface area contributed by atoms with Crippen LogP contribution in [-0.4, -0.2) is 26.8 Å². The topological polar surface area (TPSA) is 84.2 Å². The maximum Gasteiger partial charge on any atom is 0.325 e. The van der Waals surface area contributed by atoms with E-state index >= 15 is 0 Å². The number of hydrogen-bond donors (Lipinski definition) is 2. The lowest BCUT2D eigenvalue weighted by atomic mass is 10.0. The van der Waals surface area contributed by atoms with Gasteiger partial charge in [-0.3, -0.25) is 14.3 Å². The minimum atomic E-state index is -0.952. The third-order valence-electron chi connectivity index (χ3n) is 3.81. The molecule has 2 fully saturated rings. The molecule has 2 aliphatic carbocycles. The predicted octanol–water partition coefficient (Wildman–Crippen LogP) is 0.952. The van der Waals surface area contributed by atoms with E-state index < -0.39 is 5.97 Å². The molecule has 2 saturated carbocycles. The lowest BCUT2D eigenvalue weighted by Crippen LogP contribution is -2.21. The van der Waals surface area contributed by atoms with Crippen LogP contribution in [0, 0.1) is 17.8 Å². The highest BCUT2D eigenvalue weighted by molar-refractivity contribution is 5.92. The van der Waals surface area contributed by atoms with E-state index in [0.29, 0.717) is 5.69 Å². The number of aliphatic carboxylic acids is 1. The molecule has 1 aromatic heterocycles. The molecular formula is C12H15N3O3. The van der Waals surface area contributed by atoms with Gasteiger partial charge in [-0.25, -0.2) is 0 Å². The van der Waals surface area contributed by atoms with E-state index in [4.69, 9.17) is 5.11 Å². The van der Waals surface area contributed by atoms with Crippen LogP contribution in [0.4, 0.5) is 5.69 Å². The van der Waals surface area contributed by atoms with Gasteiger partial charge in [0.15, 0.2) is 0 Å². The van der Waals surface area contributed by atoms with E-state index in [2.05, 4.69) is 10.4 Å². The standard InChI is InChI=1S/C12H15N3O3/c16-11(17)6-15-5-10(4-13-15)14-12(18)9-2-7-1-8(7)3-9/h4-5,7-9H,1-3,6H2,(H,14,18)(H,16,17). The quantitative estimate of drug-likeness (QED) is 0.832. The van der Waals surface area contributed by atoms with E-state index in [0.717, 1.165) is 24.7 Å². The van der Waals surface area contributed by atoms with Crippen molar-refractivity contribution in [3.63, 3.8) is 0 Å². The van der Waals surface area contributed by atoms with Gasteiger partial charge in [-0.2, -0.15) is 5.10 Å². The van der Waals surface area contributed by atoms with Crippen LogP contribution in [0.3, 0.4) is 0 Å². The van der Waals surface area contributed by atoms with E-state index in [1.807, 2.05) is 0 Å². The van der Waals surface area contributed by atoms with Gasteiger partial charge in [0.05, 0.1) is 11.9 Å². The number of aromatic nitrogens is 2. The van der Waals surface area contributed by atoms with E-state index in [1.165, 1.54) is 17.3 Å². The van der Waals surface area contributed by atoms with Gasteiger partial charge >= 0.3 is 5.97 Å². The molecule has 6 heteroatoms. The second-order valence-electron chi connectivity index (χ2n) is 5.23. The fourth-order valence-electron chi connectivity index (χ4n) is 2.83. The fourth-order valence-corrected chi connectivity index (χ4v) is 2.83. The molecule has 0 saturated heterocycles. The summed E-state index contributed by atoms with van der Waals surface area (Å²) in [7, 11) is 0. The number of carbonyl (C=O) groups is 2. The number of fused-ring (bicyclic) bond motifs is 1. The molecule has 0 spiro atoms. The Kier molecular flexibility index (Phi) is 2.57. The zero-order valence-electron chi connectivity index (χ0n) is 9.87. The van der Waals surface area contributed by atoms with Gasteiger partial charge in [-0.1, -0.05) is 0 Å². The van der Waals surface area contributed by atoms with Crippen LogP contribution >= 0.6 is 0 Å². The molecule has 18 heavy (non-hydrogen) atoms. The summed E-state index contributed by atoms with van der Waals surface area (Å²) in [6, 6.07) is 0. The predicted molar refractivity (Wildman–Crippen MR) is 62.8 cm³/mol. The third-order valence-corrected chi connectivity index (χ3v) is 3.81. The number of rotatable bonds is 4. The second-order valence-corrected chi connectivity index (χ2v) is 5.23. The first-order chi connectivity index (χ1) is 8.61. The number of anilines is 1. The number of hydrogen-bond acceptors (Lipinski definition) is 3. The highest BCUT2D eigenvalue weighted by Gasteiger charge is 2.47. The van der Waals surface area contributed by atoms with E-state index in [1.54, 1.807) is 6.20 Å². The van der Waals surface area contributed by atoms with Crippen molar-refractivity contribution in [2.45, 2.75) is 25.8 Å².